The summed E-state index contributed by atoms with van der Waals surface area (Å²) in [6, 6.07) is 0. The number of aliphatic imine (C=N–C) groups is 1. The van der Waals surface area contributed by atoms with Crippen LogP contribution in [0.25, 0.3) is 0 Å². The molecule has 1 aliphatic rings. The average molecular weight is 351 g/mol. The first-order chi connectivity index (χ1) is 12.4. The van der Waals surface area contributed by atoms with Gasteiger partial charge in [-0.15, -0.1) is 0 Å². The predicted molar refractivity (Wildman–Crippen MR) is 110 cm³/mol. The highest BCUT2D eigenvalue weighted by Crippen LogP contribution is 2.13. The summed E-state index contributed by atoms with van der Waals surface area (Å²) in [7, 11) is 0. The third-order valence-electron chi connectivity index (χ3n) is 4.86. The van der Waals surface area contributed by atoms with Gasteiger partial charge in [0.1, 0.15) is 5.84 Å². The van der Waals surface area contributed by atoms with E-state index in [4.69, 9.17) is 4.84 Å². The van der Waals surface area contributed by atoms with Crippen LogP contribution < -0.4 is 0 Å². The van der Waals surface area contributed by atoms with Crippen molar-refractivity contribution in [2.45, 2.75) is 104 Å². The molecule has 0 amide bonds. The van der Waals surface area contributed by atoms with Crippen molar-refractivity contribution in [1.29, 1.82) is 0 Å². The van der Waals surface area contributed by atoms with E-state index in [1.165, 1.54) is 83.5 Å². The van der Waals surface area contributed by atoms with Crippen molar-refractivity contribution in [3.05, 3.63) is 12.2 Å². The normalized spacial score (nSPS) is 14.6. The maximum Gasteiger partial charge on any atom is 0.147 e. The van der Waals surface area contributed by atoms with Gasteiger partial charge in [-0.25, -0.2) is 5.06 Å². The summed E-state index contributed by atoms with van der Waals surface area (Å²) in [6.45, 7) is 6.78. The standard InChI is InChI=1S/C22H42N2O/c1-3-5-6-7-8-9-10-11-12-13-14-15-16-17-18-19-22-23-20-21-24(22)25-4-2/h18-19H,3-17,20-21H2,1-2H3. The molecule has 0 unspecified atom stereocenters. The first-order valence-electron chi connectivity index (χ1n) is 11.0. The summed E-state index contributed by atoms with van der Waals surface area (Å²) in [5.41, 5.74) is 0. The molecule has 25 heavy (non-hydrogen) atoms. The van der Waals surface area contributed by atoms with Gasteiger partial charge in [0, 0.05) is 0 Å². The highest BCUT2D eigenvalue weighted by Gasteiger charge is 2.13. The fourth-order valence-electron chi connectivity index (χ4n) is 3.34. The molecule has 3 nitrogen and oxygen atoms in total. The summed E-state index contributed by atoms with van der Waals surface area (Å²) in [5.74, 6) is 0.997. The summed E-state index contributed by atoms with van der Waals surface area (Å²) in [4.78, 5) is 10.0. The van der Waals surface area contributed by atoms with E-state index < -0.39 is 0 Å². The number of hydrogen-bond donors (Lipinski definition) is 0. The molecule has 0 spiro atoms. The molecule has 0 aromatic carbocycles. The molecule has 1 heterocycles. The van der Waals surface area contributed by atoms with E-state index in [2.05, 4.69) is 24.1 Å². The van der Waals surface area contributed by atoms with Crippen LogP contribution in [-0.4, -0.2) is 30.6 Å². The molecular formula is C22H42N2O. The van der Waals surface area contributed by atoms with Crippen LogP contribution in [0.3, 0.4) is 0 Å². The van der Waals surface area contributed by atoms with Crippen molar-refractivity contribution in [1.82, 2.24) is 5.06 Å². The number of amidine groups is 1. The van der Waals surface area contributed by atoms with Gasteiger partial charge in [0.15, 0.2) is 0 Å². The van der Waals surface area contributed by atoms with E-state index in [0.717, 1.165) is 25.3 Å². The highest BCUT2D eigenvalue weighted by molar-refractivity contribution is 5.93. The third kappa shape index (κ3) is 12.2. The van der Waals surface area contributed by atoms with E-state index in [1.807, 2.05) is 12.0 Å². The molecule has 0 saturated heterocycles. The molecule has 0 N–H and O–H groups in total. The van der Waals surface area contributed by atoms with Crippen LogP contribution >= 0.6 is 0 Å². The Kier molecular flexibility index (Phi) is 14.8. The smallest absolute Gasteiger partial charge is 0.147 e. The van der Waals surface area contributed by atoms with Crippen molar-refractivity contribution >= 4 is 5.84 Å². The molecule has 1 aliphatic heterocycles. The Labute approximate surface area is 156 Å². The fourth-order valence-corrected chi connectivity index (χ4v) is 3.34. The molecule has 1 rings (SSSR count). The second-order valence-corrected chi connectivity index (χ2v) is 7.19. The zero-order valence-corrected chi connectivity index (χ0v) is 17.0. The van der Waals surface area contributed by atoms with Crippen molar-refractivity contribution in [3.8, 4) is 0 Å². The molecular weight excluding hydrogens is 308 g/mol. The van der Waals surface area contributed by atoms with Crippen molar-refractivity contribution in [2.75, 3.05) is 19.7 Å². The first-order valence-corrected chi connectivity index (χ1v) is 11.0. The Morgan fingerprint density at radius 2 is 1.40 bits per heavy atom. The van der Waals surface area contributed by atoms with Gasteiger partial charge in [-0.2, -0.15) is 0 Å². The number of hydroxylamine groups is 2. The molecule has 0 aliphatic carbocycles. The number of nitrogens with zero attached hydrogens (tertiary/aromatic N) is 2. The lowest BCUT2D eigenvalue weighted by atomic mass is 10.0. The minimum absolute atomic E-state index is 0.714. The van der Waals surface area contributed by atoms with Crippen LogP contribution in [0.2, 0.25) is 0 Å². The largest absolute Gasteiger partial charge is 0.272 e. The lowest BCUT2D eigenvalue weighted by Gasteiger charge is -2.16. The summed E-state index contributed by atoms with van der Waals surface area (Å²) in [6.07, 6.45) is 24.0. The molecule has 146 valence electrons. The molecule has 0 fully saturated rings. The van der Waals surface area contributed by atoms with Crippen LogP contribution in [0.5, 0.6) is 0 Å². The SMILES string of the molecule is CCCCCCCCCCCCCCCC=CC1=NCCN1OCC. The molecule has 0 saturated carbocycles. The molecule has 3 heteroatoms. The Bertz CT molecular complexity index is 352. The van der Waals surface area contributed by atoms with Gasteiger partial charge in [-0.05, 0) is 25.8 Å². The topological polar surface area (TPSA) is 24.8 Å². The van der Waals surface area contributed by atoms with E-state index >= 15 is 0 Å². The molecule has 0 atom stereocenters. The quantitative estimate of drug-likeness (QED) is 0.273. The van der Waals surface area contributed by atoms with Crippen molar-refractivity contribution < 1.29 is 4.84 Å². The van der Waals surface area contributed by atoms with Gasteiger partial charge >= 0.3 is 0 Å². The Morgan fingerprint density at radius 3 is 1.96 bits per heavy atom. The lowest BCUT2D eigenvalue weighted by Crippen LogP contribution is -2.26. The Morgan fingerprint density at radius 1 is 0.840 bits per heavy atom. The van der Waals surface area contributed by atoms with Gasteiger partial charge in [0.25, 0.3) is 0 Å². The monoisotopic (exact) mass is 350 g/mol. The summed E-state index contributed by atoms with van der Waals surface area (Å²) < 4.78 is 0. The lowest BCUT2D eigenvalue weighted by molar-refractivity contribution is -0.0839. The Hall–Kier alpha value is -0.830. The summed E-state index contributed by atoms with van der Waals surface area (Å²) >= 11 is 0. The van der Waals surface area contributed by atoms with Crippen molar-refractivity contribution in [2.24, 2.45) is 4.99 Å². The average Bonchev–Trinajstić information content (AvgIpc) is 3.06. The van der Waals surface area contributed by atoms with E-state index in [-0.39, 0.29) is 0 Å². The maximum atomic E-state index is 5.54. The van der Waals surface area contributed by atoms with Crippen LogP contribution in [0.4, 0.5) is 0 Å². The van der Waals surface area contributed by atoms with Gasteiger partial charge in [0.2, 0.25) is 0 Å². The minimum atomic E-state index is 0.714. The van der Waals surface area contributed by atoms with Gasteiger partial charge in [-0.3, -0.25) is 9.83 Å². The van der Waals surface area contributed by atoms with Crippen LogP contribution in [-0.2, 0) is 4.84 Å². The zero-order valence-electron chi connectivity index (χ0n) is 17.0. The van der Waals surface area contributed by atoms with E-state index in [9.17, 15) is 0 Å². The number of hydrogen-bond acceptors (Lipinski definition) is 3. The Balaban J connectivity index is 1.82. The van der Waals surface area contributed by atoms with Gasteiger partial charge in [-0.1, -0.05) is 90.0 Å². The van der Waals surface area contributed by atoms with Crippen molar-refractivity contribution in [3.63, 3.8) is 0 Å². The fraction of sp³-hybridized carbons (Fsp3) is 0.864. The molecule has 0 radical (unpaired) electrons. The molecule has 0 aromatic rings. The second-order valence-electron chi connectivity index (χ2n) is 7.19. The van der Waals surface area contributed by atoms with E-state index in [0.29, 0.717) is 6.61 Å². The summed E-state index contributed by atoms with van der Waals surface area (Å²) in [5, 5.41) is 1.92. The highest BCUT2D eigenvalue weighted by atomic mass is 16.7. The number of unbranched alkanes of at least 4 members (excludes halogenated alkanes) is 13. The van der Waals surface area contributed by atoms with E-state index in [1.54, 1.807) is 0 Å². The number of allylic oxidation sites excluding steroid dienone is 1. The predicted octanol–water partition coefficient (Wildman–Crippen LogP) is 6.69. The number of rotatable bonds is 17. The molecule has 0 aromatic heterocycles. The maximum absolute atomic E-state index is 5.54. The van der Waals surface area contributed by atoms with Crippen LogP contribution in [0, 0.1) is 0 Å². The van der Waals surface area contributed by atoms with Gasteiger partial charge in [0.05, 0.1) is 19.7 Å². The van der Waals surface area contributed by atoms with Crippen LogP contribution in [0.15, 0.2) is 17.1 Å². The van der Waals surface area contributed by atoms with Crippen LogP contribution in [0.1, 0.15) is 104 Å². The minimum Gasteiger partial charge on any atom is -0.272 e. The first kappa shape index (κ1) is 22.2. The second kappa shape index (κ2) is 16.6. The molecule has 0 bridgehead atoms. The third-order valence-corrected chi connectivity index (χ3v) is 4.86. The van der Waals surface area contributed by atoms with Gasteiger partial charge < -0.3 is 0 Å². The zero-order chi connectivity index (χ0) is 18.0.